The maximum absolute atomic E-state index is 13.7. The predicted molar refractivity (Wildman–Crippen MR) is 151 cm³/mol. The number of hydrogen-bond acceptors (Lipinski definition) is 7. The van der Waals surface area contributed by atoms with Gasteiger partial charge in [-0.3, -0.25) is 4.79 Å². The number of Topliss-reactive ketones (excluding diaryl/α,β-unsaturated/α-hetero) is 1. The summed E-state index contributed by atoms with van der Waals surface area (Å²) in [6.45, 7) is 12.9. The second kappa shape index (κ2) is 17.4. The first kappa shape index (κ1) is 31.1. The van der Waals surface area contributed by atoms with Crippen LogP contribution in [0.2, 0.25) is 0 Å². The largest absolute Gasteiger partial charge is 0.493 e. The Morgan fingerprint density at radius 2 is 1.11 bits per heavy atom. The minimum Gasteiger partial charge on any atom is -0.493 e. The molecule has 0 fully saturated rings. The van der Waals surface area contributed by atoms with E-state index in [-0.39, 0.29) is 12.2 Å². The number of ketones is 1. The highest BCUT2D eigenvalue weighted by atomic mass is 16.5. The van der Waals surface area contributed by atoms with Crippen molar-refractivity contribution in [3.8, 4) is 34.5 Å². The molecule has 0 aliphatic carbocycles. The molecule has 0 aliphatic heterocycles. The van der Waals surface area contributed by atoms with Gasteiger partial charge in [-0.1, -0.05) is 34.6 Å². The van der Waals surface area contributed by atoms with E-state index in [9.17, 15) is 4.79 Å². The maximum atomic E-state index is 13.7. The molecule has 0 atom stereocenters. The van der Waals surface area contributed by atoms with E-state index in [1.807, 2.05) is 39.0 Å². The molecule has 2 rings (SSSR count). The van der Waals surface area contributed by atoms with Gasteiger partial charge < -0.3 is 28.4 Å². The molecule has 0 aliphatic rings. The van der Waals surface area contributed by atoms with Gasteiger partial charge in [-0.2, -0.15) is 0 Å². The van der Waals surface area contributed by atoms with Crippen LogP contribution >= 0.6 is 0 Å². The first-order chi connectivity index (χ1) is 18.5. The number of ether oxygens (including phenoxy) is 6. The molecule has 0 amide bonds. The van der Waals surface area contributed by atoms with Crippen LogP contribution in [-0.4, -0.2) is 45.9 Å². The molecule has 2 aromatic carbocycles. The molecule has 0 N–H and O–H groups in total. The van der Waals surface area contributed by atoms with Gasteiger partial charge in [0.2, 0.25) is 0 Å². The predicted octanol–water partition coefficient (Wildman–Crippen LogP) is 7.45. The van der Waals surface area contributed by atoms with E-state index in [4.69, 9.17) is 28.4 Å². The summed E-state index contributed by atoms with van der Waals surface area (Å²) in [5.41, 5.74) is 1.34. The summed E-state index contributed by atoms with van der Waals surface area (Å²) in [5.74, 6) is 3.53. The lowest BCUT2D eigenvalue weighted by Crippen LogP contribution is -2.10. The van der Waals surface area contributed by atoms with Gasteiger partial charge in [-0.25, -0.2) is 0 Å². The van der Waals surface area contributed by atoms with Crippen molar-refractivity contribution in [3.05, 3.63) is 35.4 Å². The Balaban J connectivity index is 2.43. The summed E-state index contributed by atoms with van der Waals surface area (Å²) < 4.78 is 35.5. The van der Waals surface area contributed by atoms with E-state index in [1.54, 1.807) is 13.2 Å². The molecule has 0 heterocycles. The molecule has 2 aromatic rings. The molecule has 0 spiro atoms. The van der Waals surface area contributed by atoms with Gasteiger partial charge in [0.05, 0.1) is 45.7 Å². The minimum atomic E-state index is -0.0558. The van der Waals surface area contributed by atoms with Crippen LogP contribution in [-0.2, 0) is 6.42 Å². The third kappa shape index (κ3) is 9.34. The molecule has 0 bridgehead atoms. The lowest BCUT2D eigenvalue weighted by atomic mass is 10.00. The Morgan fingerprint density at radius 3 is 1.68 bits per heavy atom. The van der Waals surface area contributed by atoms with E-state index >= 15 is 0 Å². The fourth-order valence-electron chi connectivity index (χ4n) is 3.78. The van der Waals surface area contributed by atoms with Crippen LogP contribution in [0.5, 0.6) is 34.5 Å². The fourth-order valence-corrected chi connectivity index (χ4v) is 3.78. The standard InChI is InChI=1S/C31H46O7/c1-7-14-34-24-19-23(30(37-17-10-4)28(21-24)33-6)12-13-27(32)26-20-25(35-15-8-2)22-29(36-16-9-3)31(26)38-18-11-5/h19-22H,7-18H2,1-6H3. The number of benzene rings is 2. The molecule has 38 heavy (non-hydrogen) atoms. The first-order valence-electron chi connectivity index (χ1n) is 14.1. The average Bonchev–Trinajstić information content (AvgIpc) is 2.94. The highest BCUT2D eigenvalue weighted by molar-refractivity contribution is 6.00. The second-order valence-electron chi connectivity index (χ2n) is 9.08. The number of rotatable bonds is 20. The minimum absolute atomic E-state index is 0.0558. The fraction of sp³-hybridized carbons (Fsp3) is 0.581. The van der Waals surface area contributed by atoms with Crippen molar-refractivity contribution in [2.75, 3.05) is 40.1 Å². The zero-order valence-corrected chi connectivity index (χ0v) is 24.2. The number of aryl methyl sites for hydroxylation is 1. The van der Waals surface area contributed by atoms with E-state index in [0.717, 1.165) is 37.7 Å². The van der Waals surface area contributed by atoms with Gasteiger partial charge in [0.1, 0.15) is 11.5 Å². The summed E-state index contributed by atoms with van der Waals surface area (Å²) in [6.07, 6.45) is 4.97. The molecule has 0 unspecified atom stereocenters. The van der Waals surface area contributed by atoms with E-state index in [1.165, 1.54) is 0 Å². The van der Waals surface area contributed by atoms with Crippen LogP contribution in [0.1, 0.15) is 89.1 Å². The maximum Gasteiger partial charge on any atom is 0.172 e. The van der Waals surface area contributed by atoms with Gasteiger partial charge in [0.25, 0.3) is 0 Å². The van der Waals surface area contributed by atoms with Crippen LogP contribution in [0, 0.1) is 0 Å². The highest BCUT2D eigenvalue weighted by Crippen LogP contribution is 2.39. The van der Waals surface area contributed by atoms with Gasteiger partial charge in [-0.15, -0.1) is 0 Å². The van der Waals surface area contributed by atoms with Crippen LogP contribution < -0.4 is 28.4 Å². The molecule has 7 nitrogen and oxygen atoms in total. The van der Waals surface area contributed by atoms with Crippen molar-refractivity contribution in [3.63, 3.8) is 0 Å². The number of methoxy groups -OCH3 is 1. The lowest BCUT2D eigenvalue weighted by Gasteiger charge is -2.19. The summed E-state index contributed by atoms with van der Waals surface area (Å²) in [4.78, 5) is 13.7. The Hall–Kier alpha value is -3.09. The molecule has 0 saturated carbocycles. The van der Waals surface area contributed by atoms with Gasteiger partial charge in [0, 0.05) is 24.1 Å². The quantitative estimate of drug-likeness (QED) is 0.165. The van der Waals surface area contributed by atoms with Crippen molar-refractivity contribution < 1.29 is 33.2 Å². The van der Waals surface area contributed by atoms with E-state index < -0.39 is 0 Å². The second-order valence-corrected chi connectivity index (χ2v) is 9.08. The smallest absolute Gasteiger partial charge is 0.172 e. The Kier molecular flexibility index (Phi) is 14.3. The van der Waals surface area contributed by atoms with Gasteiger partial charge in [-0.05, 0) is 50.7 Å². The normalized spacial score (nSPS) is 10.7. The van der Waals surface area contributed by atoms with E-state index in [0.29, 0.717) is 79.5 Å². The third-order valence-electron chi connectivity index (χ3n) is 5.58. The number of hydrogen-bond donors (Lipinski definition) is 0. The van der Waals surface area contributed by atoms with Crippen LogP contribution in [0.15, 0.2) is 24.3 Å². The molecule has 0 saturated heterocycles. The number of carbonyl (C=O) groups is 1. The Bertz CT molecular complexity index is 987. The molecule has 7 heteroatoms. The molecular formula is C31H46O7. The van der Waals surface area contributed by atoms with Crippen molar-refractivity contribution >= 4 is 5.78 Å². The topological polar surface area (TPSA) is 72.5 Å². The summed E-state index contributed by atoms with van der Waals surface area (Å²) >= 11 is 0. The van der Waals surface area contributed by atoms with Crippen molar-refractivity contribution in [1.82, 2.24) is 0 Å². The summed E-state index contributed by atoms with van der Waals surface area (Å²) in [7, 11) is 1.61. The molecule has 0 radical (unpaired) electrons. The van der Waals surface area contributed by atoms with Crippen LogP contribution in [0.25, 0.3) is 0 Å². The van der Waals surface area contributed by atoms with Gasteiger partial charge >= 0.3 is 0 Å². The number of carbonyl (C=O) groups excluding carboxylic acids is 1. The highest BCUT2D eigenvalue weighted by Gasteiger charge is 2.22. The van der Waals surface area contributed by atoms with Crippen molar-refractivity contribution in [1.29, 1.82) is 0 Å². The molecule has 212 valence electrons. The van der Waals surface area contributed by atoms with Crippen LogP contribution in [0.3, 0.4) is 0 Å². The average molecular weight is 531 g/mol. The Labute approximate surface area is 228 Å². The zero-order valence-electron chi connectivity index (χ0n) is 24.2. The van der Waals surface area contributed by atoms with Crippen molar-refractivity contribution in [2.24, 2.45) is 0 Å². The molecule has 0 aromatic heterocycles. The van der Waals surface area contributed by atoms with E-state index in [2.05, 4.69) is 13.8 Å². The van der Waals surface area contributed by atoms with Gasteiger partial charge in [0.15, 0.2) is 28.8 Å². The Morgan fingerprint density at radius 1 is 0.605 bits per heavy atom. The molecular weight excluding hydrogens is 484 g/mol. The summed E-state index contributed by atoms with van der Waals surface area (Å²) in [5, 5.41) is 0. The lowest BCUT2D eigenvalue weighted by molar-refractivity contribution is 0.0976. The summed E-state index contributed by atoms with van der Waals surface area (Å²) in [6, 6.07) is 7.39. The SMILES string of the molecule is CCCOc1cc(CCC(=O)c2cc(OCCC)cc(OCCC)c2OCCC)c(OCCC)c(OC)c1. The van der Waals surface area contributed by atoms with Crippen molar-refractivity contribution in [2.45, 2.75) is 79.6 Å². The monoisotopic (exact) mass is 530 g/mol. The van der Waals surface area contributed by atoms with Crippen LogP contribution in [0.4, 0.5) is 0 Å². The first-order valence-corrected chi connectivity index (χ1v) is 14.1. The third-order valence-corrected chi connectivity index (χ3v) is 5.58. The zero-order chi connectivity index (χ0) is 27.8.